The van der Waals surface area contributed by atoms with Crippen LogP contribution in [-0.4, -0.2) is 31.3 Å². The second kappa shape index (κ2) is 3.36. The average molecular weight is 174 g/mol. The van der Waals surface area contributed by atoms with Gasteiger partial charge in [0.2, 0.25) is 10.0 Å². The van der Waals surface area contributed by atoms with Crippen molar-refractivity contribution in [3.63, 3.8) is 0 Å². The molecular weight excluding hydrogens is 166 g/mol. The van der Waals surface area contributed by atoms with E-state index >= 15 is 0 Å². The van der Waals surface area contributed by atoms with Gasteiger partial charge < -0.3 is 5.11 Å². The highest BCUT2D eigenvalue weighted by Gasteiger charge is 2.10. The Balaban J connectivity index is 3.75. The first kappa shape index (κ1) is 9.16. The van der Waals surface area contributed by atoms with E-state index in [1.807, 2.05) is 0 Å². The molecule has 0 saturated carbocycles. The van der Waals surface area contributed by atoms with Crippen LogP contribution >= 0.6 is 11.6 Å². The second-order valence-corrected chi connectivity index (χ2v) is 3.61. The number of aliphatic hydroxyl groups is 1. The lowest BCUT2D eigenvalue weighted by Crippen LogP contribution is -2.27. The summed E-state index contributed by atoms with van der Waals surface area (Å²) in [6.07, 6.45) is -1.05. The standard InChI is InChI=1S/C3H8ClNO3S/c4-1-3(6)2-9(5,7)8/h3,6H,1-2H2,(H2,5,7,8). The normalized spacial score (nSPS) is 15.4. The molecule has 56 valence electrons. The summed E-state index contributed by atoms with van der Waals surface area (Å²) in [6, 6.07) is 0. The molecule has 0 aliphatic heterocycles. The summed E-state index contributed by atoms with van der Waals surface area (Å²) in [5, 5.41) is 13.2. The Morgan fingerprint density at radius 1 is 1.67 bits per heavy atom. The van der Waals surface area contributed by atoms with E-state index in [9.17, 15) is 8.42 Å². The number of halogens is 1. The fourth-order valence-electron chi connectivity index (χ4n) is 0.313. The zero-order chi connectivity index (χ0) is 7.49. The van der Waals surface area contributed by atoms with Gasteiger partial charge in [0.15, 0.2) is 0 Å². The van der Waals surface area contributed by atoms with Gasteiger partial charge in [0.05, 0.1) is 11.9 Å². The van der Waals surface area contributed by atoms with Crippen LogP contribution in [0.25, 0.3) is 0 Å². The summed E-state index contributed by atoms with van der Waals surface area (Å²) in [6.45, 7) is 0. The number of primary sulfonamides is 1. The number of aliphatic hydroxyl groups excluding tert-OH is 1. The lowest BCUT2D eigenvalue weighted by Gasteiger charge is -2.01. The molecule has 0 aromatic heterocycles. The third-order valence-electron chi connectivity index (χ3n) is 0.603. The van der Waals surface area contributed by atoms with Gasteiger partial charge in [-0.25, -0.2) is 13.6 Å². The molecule has 0 saturated heterocycles. The Labute approximate surface area is 58.7 Å². The van der Waals surface area contributed by atoms with E-state index < -0.39 is 21.9 Å². The Kier molecular flexibility index (Phi) is 3.42. The van der Waals surface area contributed by atoms with Gasteiger partial charge in [-0.05, 0) is 0 Å². The van der Waals surface area contributed by atoms with Crippen LogP contribution in [0, 0.1) is 0 Å². The van der Waals surface area contributed by atoms with E-state index in [0.29, 0.717) is 0 Å². The van der Waals surface area contributed by atoms with Crippen molar-refractivity contribution in [3.05, 3.63) is 0 Å². The fourth-order valence-corrected chi connectivity index (χ4v) is 1.21. The number of hydrogen-bond acceptors (Lipinski definition) is 3. The number of nitrogens with two attached hydrogens (primary N) is 1. The van der Waals surface area contributed by atoms with Gasteiger partial charge in [-0.2, -0.15) is 0 Å². The lowest BCUT2D eigenvalue weighted by atomic mass is 10.5. The topological polar surface area (TPSA) is 80.4 Å². The SMILES string of the molecule is NS(=O)(=O)CC(O)CCl. The lowest BCUT2D eigenvalue weighted by molar-refractivity contribution is 0.221. The number of rotatable bonds is 3. The van der Waals surface area contributed by atoms with E-state index in [4.69, 9.17) is 16.7 Å². The molecule has 1 atom stereocenters. The molecule has 0 heterocycles. The van der Waals surface area contributed by atoms with Crippen molar-refractivity contribution in [1.29, 1.82) is 0 Å². The van der Waals surface area contributed by atoms with Gasteiger partial charge in [0, 0.05) is 5.88 Å². The van der Waals surface area contributed by atoms with Crippen LogP contribution in [0.1, 0.15) is 0 Å². The summed E-state index contributed by atoms with van der Waals surface area (Å²) in [5.74, 6) is -0.590. The summed E-state index contributed by atoms with van der Waals surface area (Å²) in [5.41, 5.74) is 0. The number of hydrogen-bond donors (Lipinski definition) is 2. The summed E-state index contributed by atoms with van der Waals surface area (Å²) < 4.78 is 20.3. The van der Waals surface area contributed by atoms with Crippen LogP contribution in [0.3, 0.4) is 0 Å². The van der Waals surface area contributed by atoms with Gasteiger partial charge in [-0.3, -0.25) is 0 Å². The first-order valence-corrected chi connectivity index (χ1v) is 4.45. The fraction of sp³-hybridized carbons (Fsp3) is 1.00. The van der Waals surface area contributed by atoms with Crippen molar-refractivity contribution in [2.45, 2.75) is 6.10 Å². The summed E-state index contributed by atoms with van der Waals surface area (Å²) >= 11 is 5.09. The van der Waals surface area contributed by atoms with Gasteiger partial charge in [-0.1, -0.05) is 0 Å². The average Bonchev–Trinajstić information content (AvgIpc) is 1.62. The molecule has 0 radical (unpaired) electrons. The van der Waals surface area contributed by atoms with Crippen LogP contribution in [-0.2, 0) is 10.0 Å². The van der Waals surface area contributed by atoms with Crippen molar-refractivity contribution in [2.24, 2.45) is 5.14 Å². The largest absolute Gasteiger partial charge is 0.391 e. The molecule has 0 rings (SSSR count). The monoisotopic (exact) mass is 173 g/mol. The minimum atomic E-state index is -3.57. The number of alkyl halides is 1. The molecule has 0 aromatic rings. The zero-order valence-corrected chi connectivity index (χ0v) is 6.19. The molecule has 9 heavy (non-hydrogen) atoms. The molecule has 0 amide bonds. The van der Waals surface area contributed by atoms with E-state index in [1.165, 1.54) is 0 Å². The van der Waals surface area contributed by atoms with Crippen LogP contribution in [0.2, 0.25) is 0 Å². The Morgan fingerprint density at radius 2 is 2.11 bits per heavy atom. The van der Waals surface area contributed by atoms with Gasteiger partial charge in [-0.15, -0.1) is 11.6 Å². The third-order valence-corrected chi connectivity index (χ3v) is 1.81. The highest BCUT2D eigenvalue weighted by Crippen LogP contribution is 1.89. The second-order valence-electron chi connectivity index (χ2n) is 1.64. The first-order chi connectivity index (χ1) is 3.95. The zero-order valence-electron chi connectivity index (χ0n) is 4.62. The molecule has 0 aromatic carbocycles. The molecule has 0 aliphatic carbocycles. The predicted molar refractivity (Wildman–Crippen MR) is 34.7 cm³/mol. The maximum atomic E-state index is 10.2. The Hall–Kier alpha value is 0.160. The molecule has 4 nitrogen and oxygen atoms in total. The van der Waals surface area contributed by atoms with Crippen molar-refractivity contribution >= 4 is 21.6 Å². The smallest absolute Gasteiger partial charge is 0.211 e. The van der Waals surface area contributed by atoms with Crippen molar-refractivity contribution in [1.82, 2.24) is 0 Å². The molecule has 0 spiro atoms. The minimum Gasteiger partial charge on any atom is -0.391 e. The molecule has 3 N–H and O–H groups in total. The van der Waals surface area contributed by atoms with E-state index in [2.05, 4.69) is 5.14 Å². The van der Waals surface area contributed by atoms with Gasteiger partial charge >= 0.3 is 0 Å². The molecule has 0 aliphatic rings. The van der Waals surface area contributed by atoms with Crippen molar-refractivity contribution in [2.75, 3.05) is 11.6 Å². The summed E-state index contributed by atoms with van der Waals surface area (Å²) in [7, 11) is -3.57. The molecule has 1 unspecified atom stereocenters. The van der Waals surface area contributed by atoms with Crippen LogP contribution in [0.15, 0.2) is 0 Å². The highest BCUT2D eigenvalue weighted by atomic mass is 35.5. The van der Waals surface area contributed by atoms with E-state index in [-0.39, 0.29) is 5.88 Å². The Bertz CT molecular complexity index is 166. The van der Waals surface area contributed by atoms with Gasteiger partial charge in [0.25, 0.3) is 0 Å². The number of sulfonamides is 1. The maximum absolute atomic E-state index is 10.2. The van der Waals surface area contributed by atoms with E-state index in [0.717, 1.165) is 0 Å². The third kappa shape index (κ3) is 6.04. The maximum Gasteiger partial charge on any atom is 0.211 e. The quantitative estimate of drug-likeness (QED) is 0.531. The Morgan fingerprint density at radius 3 is 2.22 bits per heavy atom. The van der Waals surface area contributed by atoms with Crippen LogP contribution in [0.4, 0.5) is 0 Å². The van der Waals surface area contributed by atoms with E-state index in [1.54, 1.807) is 0 Å². The molecular formula is C3H8ClNO3S. The molecule has 0 fully saturated rings. The van der Waals surface area contributed by atoms with Crippen LogP contribution in [0.5, 0.6) is 0 Å². The summed E-state index contributed by atoms with van der Waals surface area (Å²) in [4.78, 5) is 0. The van der Waals surface area contributed by atoms with Crippen molar-refractivity contribution < 1.29 is 13.5 Å². The minimum absolute atomic E-state index is 0.115. The predicted octanol–water partition coefficient (Wildman–Crippen LogP) is -1.13. The highest BCUT2D eigenvalue weighted by molar-refractivity contribution is 7.89. The van der Waals surface area contributed by atoms with Crippen LogP contribution < -0.4 is 5.14 Å². The first-order valence-electron chi connectivity index (χ1n) is 2.20. The molecule has 6 heteroatoms. The van der Waals surface area contributed by atoms with Gasteiger partial charge in [0.1, 0.15) is 0 Å². The molecule has 0 bridgehead atoms. The van der Waals surface area contributed by atoms with Crippen molar-refractivity contribution in [3.8, 4) is 0 Å².